The van der Waals surface area contributed by atoms with Crippen molar-refractivity contribution in [1.82, 2.24) is 20.3 Å². The zero-order valence-electron chi connectivity index (χ0n) is 7.18. The Kier molecular flexibility index (Phi) is 1.38. The minimum Gasteiger partial charge on any atom is -0.345 e. The molecule has 0 aliphatic carbocycles. The van der Waals surface area contributed by atoms with Gasteiger partial charge in [-0.3, -0.25) is 0 Å². The quantitative estimate of drug-likeness (QED) is 0.727. The molecule has 1 aliphatic rings. The number of nitrogens with one attached hydrogen (secondary N) is 1. The summed E-state index contributed by atoms with van der Waals surface area (Å²) in [5.74, 6) is 1.44. The number of nitrogens with zero attached hydrogens (tertiary/aromatic N) is 4. The molecule has 0 saturated heterocycles. The van der Waals surface area contributed by atoms with Crippen LogP contribution in [0, 0.1) is 0 Å². The van der Waals surface area contributed by atoms with Crippen LogP contribution in [-0.2, 0) is 0 Å². The van der Waals surface area contributed by atoms with E-state index in [0.717, 1.165) is 17.1 Å². The summed E-state index contributed by atoms with van der Waals surface area (Å²) in [6.45, 7) is 0. The lowest BCUT2D eigenvalue weighted by Gasteiger charge is -2.00. The smallest absolute Gasteiger partial charge is 0.180 e. The molecule has 0 saturated carbocycles. The van der Waals surface area contributed by atoms with Gasteiger partial charge in [0, 0.05) is 24.2 Å². The fraction of sp³-hybridized carbons (Fsp3) is 0. The molecule has 5 nitrogen and oxygen atoms in total. The topological polar surface area (TPSA) is 68.0 Å². The first-order valence-corrected chi connectivity index (χ1v) is 4.17. The van der Waals surface area contributed by atoms with Crippen molar-refractivity contribution in [2.75, 3.05) is 0 Å². The van der Waals surface area contributed by atoms with E-state index in [9.17, 15) is 0 Å². The van der Waals surface area contributed by atoms with Crippen molar-refractivity contribution in [3.8, 4) is 11.4 Å². The Morgan fingerprint density at radius 1 is 1.14 bits per heavy atom. The van der Waals surface area contributed by atoms with Gasteiger partial charge in [-0.15, -0.1) is 0 Å². The van der Waals surface area contributed by atoms with Gasteiger partial charge < -0.3 is 4.98 Å². The van der Waals surface area contributed by atoms with E-state index in [1.165, 1.54) is 6.34 Å². The Hall–Kier alpha value is -2.17. The van der Waals surface area contributed by atoms with Crippen LogP contribution in [0.2, 0.25) is 0 Å². The van der Waals surface area contributed by atoms with Crippen LogP contribution in [0.15, 0.2) is 29.6 Å². The number of hydrogen-bond donors (Lipinski definition) is 1. The van der Waals surface area contributed by atoms with Crippen molar-refractivity contribution in [2.45, 2.75) is 0 Å². The van der Waals surface area contributed by atoms with Crippen LogP contribution in [0.25, 0.3) is 11.4 Å². The zero-order valence-corrected chi connectivity index (χ0v) is 7.18. The van der Waals surface area contributed by atoms with Crippen LogP contribution in [-0.4, -0.2) is 21.3 Å². The molecule has 0 aromatic carbocycles. The summed E-state index contributed by atoms with van der Waals surface area (Å²) in [5, 5.41) is 4.03. The first-order valence-electron chi connectivity index (χ1n) is 4.17. The maximum absolute atomic E-state index is 4.17. The Labute approximate surface area is 79.9 Å². The number of aliphatic imine (C=N–C) groups is 1. The number of aromatic amines is 1. The monoisotopic (exact) mass is 184 g/mol. The summed E-state index contributed by atoms with van der Waals surface area (Å²) >= 11 is 0. The molecule has 3 rings (SSSR count). The van der Waals surface area contributed by atoms with Gasteiger partial charge in [-0.05, 0) is 6.07 Å². The average Bonchev–Trinajstić information content (AvgIpc) is 2.88. The van der Waals surface area contributed by atoms with E-state index >= 15 is 0 Å². The number of imidazole rings is 1. The van der Waals surface area contributed by atoms with Crippen LogP contribution < -0.4 is 5.32 Å². The minimum atomic E-state index is 0.652. The molecule has 5 heteroatoms. The van der Waals surface area contributed by atoms with Gasteiger partial charge in [0.1, 0.15) is 17.9 Å². The summed E-state index contributed by atoms with van der Waals surface area (Å²) in [5.41, 5.74) is 1.71. The van der Waals surface area contributed by atoms with E-state index in [1.54, 1.807) is 18.6 Å². The predicted octanol–water partition coefficient (Wildman–Crippen LogP) is 1.38. The minimum absolute atomic E-state index is 0.652. The van der Waals surface area contributed by atoms with Crippen molar-refractivity contribution >= 4 is 17.8 Å². The Morgan fingerprint density at radius 2 is 2.14 bits per heavy atom. The molecule has 0 atom stereocenters. The zero-order chi connectivity index (χ0) is 9.38. The molecule has 0 spiro atoms. The first-order chi connectivity index (χ1) is 6.95. The molecular weight excluding hydrogens is 178 g/mol. The van der Waals surface area contributed by atoms with Crippen LogP contribution in [0.4, 0.5) is 11.5 Å². The van der Waals surface area contributed by atoms with Crippen LogP contribution in [0.5, 0.6) is 0 Å². The summed E-state index contributed by atoms with van der Waals surface area (Å²) in [4.78, 5) is 15.4. The van der Waals surface area contributed by atoms with E-state index in [4.69, 9.17) is 0 Å². The third-order valence-corrected chi connectivity index (χ3v) is 2.03. The van der Waals surface area contributed by atoms with E-state index in [0.29, 0.717) is 5.82 Å². The Bertz CT molecular complexity index is 486. The third-order valence-electron chi connectivity index (χ3n) is 2.03. The molecule has 2 aromatic rings. The lowest BCUT2D eigenvalue weighted by Crippen LogP contribution is -1.89. The van der Waals surface area contributed by atoms with Gasteiger partial charge in [-0.25, -0.2) is 20.3 Å². The van der Waals surface area contributed by atoms with Crippen LogP contribution in [0.3, 0.4) is 0 Å². The first kappa shape index (κ1) is 7.25. The summed E-state index contributed by atoms with van der Waals surface area (Å²) in [7, 11) is 0. The molecular formula is C9H6N5. The lowest BCUT2D eigenvalue weighted by molar-refractivity contribution is 1.19. The number of rotatable bonds is 1. The Morgan fingerprint density at radius 3 is 3.00 bits per heavy atom. The normalized spacial score (nSPS) is 12.6. The van der Waals surface area contributed by atoms with Crippen molar-refractivity contribution in [3.05, 3.63) is 24.7 Å². The molecule has 3 heterocycles. The molecule has 14 heavy (non-hydrogen) atoms. The molecule has 1 aliphatic heterocycles. The largest absolute Gasteiger partial charge is 0.345 e. The summed E-state index contributed by atoms with van der Waals surface area (Å²) < 4.78 is 0. The number of hydrogen-bond acceptors (Lipinski definition) is 3. The summed E-state index contributed by atoms with van der Waals surface area (Å²) in [6, 6.07) is 1.87. The summed E-state index contributed by atoms with van der Waals surface area (Å²) in [6.07, 6.45) is 6.69. The molecule has 0 amide bonds. The second-order valence-electron chi connectivity index (χ2n) is 2.84. The van der Waals surface area contributed by atoms with Crippen molar-refractivity contribution in [2.24, 2.45) is 4.99 Å². The van der Waals surface area contributed by atoms with Crippen LogP contribution in [0.1, 0.15) is 0 Å². The van der Waals surface area contributed by atoms with Gasteiger partial charge in [0.2, 0.25) is 0 Å². The highest BCUT2D eigenvalue weighted by Crippen LogP contribution is 2.35. The third kappa shape index (κ3) is 0.922. The highest BCUT2D eigenvalue weighted by atomic mass is 15.1. The predicted molar refractivity (Wildman–Crippen MR) is 51.8 cm³/mol. The molecule has 1 radical (unpaired) electrons. The maximum Gasteiger partial charge on any atom is 0.180 e. The molecule has 2 aromatic heterocycles. The Balaban J connectivity index is 2.24. The SMILES string of the molecule is C1=Nc2c(-c3ncc[nH]3)ccnc2[N]1. The maximum atomic E-state index is 4.17. The standard InChI is InChI=1S/C9H6N5/c1-2-10-9-7(13-5-14-9)6(1)8-11-3-4-12-8/h1-5H,(H,11,12). The number of aromatic nitrogens is 3. The molecule has 0 bridgehead atoms. The van der Waals surface area contributed by atoms with Crippen molar-refractivity contribution < 1.29 is 0 Å². The number of pyridine rings is 1. The lowest BCUT2D eigenvalue weighted by atomic mass is 10.2. The average molecular weight is 184 g/mol. The molecule has 0 fully saturated rings. The van der Waals surface area contributed by atoms with Crippen LogP contribution >= 0.6 is 0 Å². The van der Waals surface area contributed by atoms with Gasteiger partial charge in [-0.2, -0.15) is 0 Å². The van der Waals surface area contributed by atoms with Gasteiger partial charge in [0.15, 0.2) is 5.82 Å². The molecule has 0 unspecified atom stereocenters. The fourth-order valence-corrected chi connectivity index (χ4v) is 1.41. The van der Waals surface area contributed by atoms with E-state index in [2.05, 4.69) is 25.3 Å². The van der Waals surface area contributed by atoms with Gasteiger partial charge in [0.05, 0.1) is 0 Å². The molecule has 1 N–H and O–H groups in total. The second-order valence-corrected chi connectivity index (χ2v) is 2.84. The number of H-pyrrole nitrogens is 1. The van der Waals surface area contributed by atoms with Gasteiger partial charge in [-0.1, -0.05) is 0 Å². The van der Waals surface area contributed by atoms with Gasteiger partial charge in [0.25, 0.3) is 0 Å². The highest BCUT2D eigenvalue weighted by molar-refractivity contribution is 5.88. The number of fused-ring (bicyclic) bond motifs is 1. The highest BCUT2D eigenvalue weighted by Gasteiger charge is 2.15. The van der Waals surface area contributed by atoms with Crippen molar-refractivity contribution in [3.63, 3.8) is 0 Å². The van der Waals surface area contributed by atoms with E-state index in [1.807, 2.05) is 6.07 Å². The van der Waals surface area contributed by atoms with E-state index in [-0.39, 0.29) is 0 Å². The second kappa shape index (κ2) is 2.66. The van der Waals surface area contributed by atoms with Crippen molar-refractivity contribution in [1.29, 1.82) is 0 Å². The fourth-order valence-electron chi connectivity index (χ4n) is 1.41. The van der Waals surface area contributed by atoms with E-state index < -0.39 is 0 Å². The molecule has 67 valence electrons. The van der Waals surface area contributed by atoms with Gasteiger partial charge >= 0.3 is 0 Å².